The molecule has 0 saturated carbocycles. The topological polar surface area (TPSA) is 41.6 Å². The second-order valence-electron chi connectivity index (χ2n) is 3.82. The molecule has 1 amide bonds. The first-order valence-electron chi connectivity index (χ1n) is 4.91. The minimum atomic E-state index is -0.226. The first-order chi connectivity index (χ1) is 6.59. The van der Waals surface area contributed by atoms with Gasteiger partial charge in [0.15, 0.2) is 0 Å². The van der Waals surface area contributed by atoms with Gasteiger partial charge in [-0.2, -0.15) is 0 Å². The first kappa shape index (κ1) is 11.0. The molecule has 1 saturated heterocycles. The SMILES string of the molecule is C=C(CNC(C)C)CN1CCOC1=O. The Morgan fingerprint density at radius 1 is 1.71 bits per heavy atom. The summed E-state index contributed by atoms with van der Waals surface area (Å²) < 4.78 is 4.82. The standard InChI is InChI=1S/C10H18N2O2/c1-8(2)11-6-9(3)7-12-4-5-14-10(12)13/h8,11H,3-7H2,1-2H3. The van der Waals surface area contributed by atoms with Gasteiger partial charge in [-0.25, -0.2) is 4.79 Å². The van der Waals surface area contributed by atoms with Crippen molar-refractivity contribution in [1.82, 2.24) is 10.2 Å². The predicted octanol–water partition coefficient (Wildman–Crippen LogP) is 0.993. The lowest BCUT2D eigenvalue weighted by atomic mass is 10.2. The lowest BCUT2D eigenvalue weighted by Crippen LogP contribution is -2.31. The zero-order valence-electron chi connectivity index (χ0n) is 8.88. The van der Waals surface area contributed by atoms with Crippen LogP contribution in [0.15, 0.2) is 12.2 Å². The predicted molar refractivity (Wildman–Crippen MR) is 55.2 cm³/mol. The highest BCUT2D eigenvalue weighted by atomic mass is 16.6. The van der Waals surface area contributed by atoms with Crippen LogP contribution in [0.5, 0.6) is 0 Å². The molecule has 0 spiro atoms. The Morgan fingerprint density at radius 3 is 2.93 bits per heavy atom. The van der Waals surface area contributed by atoms with Crippen molar-refractivity contribution < 1.29 is 9.53 Å². The number of amides is 1. The molecular formula is C10H18N2O2. The summed E-state index contributed by atoms with van der Waals surface area (Å²) in [7, 11) is 0. The molecule has 4 nitrogen and oxygen atoms in total. The third-order valence-electron chi connectivity index (χ3n) is 2.02. The average Bonchev–Trinajstić information content (AvgIpc) is 2.49. The highest BCUT2D eigenvalue weighted by molar-refractivity contribution is 5.69. The van der Waals surface area contributed by atoms with Gasteiger partial charge in [-0.05, 0) is 5.57 Å². The van der Waals surface area contributed by atoms with E-state index in [2.05, 4.69) is 25.7 Å². The molecule has 0 aromatic rings. The lowest BCUT2D eigenvalue weighted by molar-refractivity contribution is 0.160. The largest absolute Gasteiger partial charge is 0.448 e. The van der Waals surface area contributed by atoms with Gasteiger partial charge in [0.25, 0.3) is 0 Å². The zero-order chi connectivity index (χ0) is 10.6. The quantitative estimate of drug-likeness (QED) is 0.670. The summed E-state index contributed by atoms with van der Waals surface area (Å²) in [5.41, 5.74) is 1.01. The van der Waals surface area contributed by atoms with Crippen molar-refractivity contribution in [2.24, 2.45) is 0 Å². The third-order valence-corrected chi connectivity index (χ3v) is 2.02. The van der Waals surface area contributed by atoms with Crippen LogP contribution in [0.25, 0.3) is 0 Å². The normalized spacial score (nSPS) is 16.2. The lowest BCUT2D eigenvalue weighted by Gasteiger charge is -2.16. The first-order valence-corrected chi connectivity index (χ1v) is 4.91. The van der Waals surface area contributed by atoms with Crippen LogP contribution < -0.4 is 5.32 Å². The Bertz CT molecular complexity index is 226. The number of cyclic esters (lactones) is 1. The van der Waals surface area contributed by atoms with Crippen molar-refractivity contribution in [3.05, 3.63) is 12.2 Å². The van der Waals surface area contributed by atoms with E-state index in [0.717, 1.165) is 12.1 Å². The van der Waals surface area contributed by atoms with Gasteiger partial charge in [-0.15, -0.1) is 0 Å². The molecule has 0 aromatic carbocycles. The van der Waals surface area contributed by atoms with Crippen LogP contribution in [0.4, 0.5) is 4.79 Å². The van der Waals surface area contributed by atoms with E-state index >= 15 is 0 Å². The van der Waals surface area contributed by atoms with E-state index in [1.165, 1.54) is 0 Å². The van der Waals surface area contributed by atoms with Crippen LogP contribution in [-0.4, -0.2) is 43.3 Å². The molecule has 4 heteroatoms. The summed E-state index contributed by atoms with van der Waals surface area (Å²) in [5, 5.41) is 3.26. The fourth-order valence-corrected chi connectivity index (χ4v) is 1.24. The summed E-state index contributed by atoms with van der Waals surface area (Å²) in [6.45, 7) is 10.6. The fraction of sp³-hybridized carbons (Fsp3) is 0.700. The van der Waals surface area contributed by atoms with E-state index in [9.17, 15) is 4.79 Å². The number of rotatable bonds is 5. The van der Waals surface area contributed by atoms with Gasteiger partial charge < -0.3 is 15.0 Å². The Labute approximate surface area is 84.9 Å². The monoisotopic (exact) mass is 198 g/mol. The van der Waals surface area contributed by atoms with Crippen LogP contribution >= 0.6 is 0 Å². The Balaban J connectivity index is 2.23. The number of hydrogen-bond acceptors (Lipinski definition) is 3. The molecule has 0 bridgehead atoms. The molecule has 14 heavy (non-hydrogen) atoms. The minimum Gasteiger partial charge on any atom is -0.448 e. The fourth-order valence-electron chi connectivity index (χ4n) is 1.24. The molecular weight excluding hydrogens is 180 g/mol. The number of carbonyl (C=O) groups excluding carboxylic acids is 1. The number of nitrogens with one attached hydrogen (secondary N) is 1. The molecule has 0 aliphatic carbocycles. The maximum atomic E-state index is 11.1. The van der Waals surface area contributed by atoms with Gasteiger partial charge in [0.05, 0.1) is 6.54 Å². The minimum absolute atomic E-state index is 0.226. The maximum absolute atomic E-state index is 11.1. The number of carbonyl (C=O) groups is 1. The van der Waals surface area contributed by atoms with Crippen molar-refractivity contribution >= 4 is 6.09 Å². The van der Waals surface area contributed by atoms with Crippen molar-refractivity contribution in [2.75, 3.05) is 26.2 Å². The number of nitrogens with zero attached hydrogens (tertiary/aromatic N) is 1. The van der Waals surface area contributed by atoms with Crippen LogP contribution in [-0.2, 0) is 4.74 Å². The highest BCUT2D eigenvalue weighted by Gasteiger charge is 2.21. The molecule has 0 atom stereocenters. The van der Waals surface area contributed by atoms with Gasteiger partial charge in [-0.3, -0.25) is 0 Å². The van der Waals surface area contributed by atoms with Gasteiger partial charge in [0.1, 0.15) is 6.61 Å². The van der Waals surface area contributed by atoms with Crippen molar-refractivity contribution in [3.8, 4) is 0 Å². The number of hydrogen-bond donors (Lipinski definition) is 1. The summed E-state index contributed by atoms with van der Waals surface area (Å²) in [4.78, 5) is 12.8. The highest BCUT2D eigenvalue weighted by Crippen LogP contribution is 2.05. The molecule has 0 radical (unpaired) electrons. The molecule has 1 fully saturated rings. The molecule has 0 aromatic heterocycles. The van der Waals surface area contributed by atoms with E-state index in [0.29, 0.717) is 25.7 Å². The van der Waals surface area contributed by atoms with Crippen LogP contribution in [0, 0.1) is 0 Å². The van der Waals surface area contributed by atoms with Crippen molar-refractivity contribution in [3.63, 3.8) is 0 Å². The van der Waals surface area contributed by atoms with Gasteiger partial charge in [0.2, 0.25) is 0 Å². The third kappa shape index (κ3) is 3.38. The molecule has 1 aliphatic rings. The second kappa shape index (κ2) is 5.00. The smallest absolute Gasteiger partial charge is 0.410 e. The van der Waals surface area contributed by atoms with E-state index in [4.69, 9.17) is 4.74 Å². The number of ether oxygens (including phenoxy) is 1. The van der Waals surface area contributed by atoms with Gasteiger partial charge in [0, 0.05) is 19.1 Å². The average molecular weight is 198 g/mol. The van der Waals surface area contributed by atoms with E-state index < -0.39 is 0 Å². The molecule has 1 N–H and O–H groups in total. The summed E-state index contributed by atoms with van der Waals surface area (Å²) in [6, 6.07) is 0.442. The van der Waals surface area contributed by atoms with Gasteiger partial charge >= 0.3 is 6.09 Å². The Morgan fingerprint density at radius 2 is 2.43 bits per heavy atom. The van der Waals surface area contributed by atoms with Crippen molar-refractivity contribution in [2.45, 2.75) is 19.9 Å². The van der Waals surface area contributed by atoms with E-state index in [1.54, 1.807) is 4.90 Å². The van der Waals surface area contributed by atoms with Crippen LogP contribution in [0.1, 0.15) is 13.8 Å². The summed E-state index contributed by atoms with van der Waals surface area (Å²) in [5.74, 6) is 0. The zero-order valence-corrected chi connectivity index (χ0v) is 8.88. The van der Waals surface area contributed by atoms with Gasteiger partial charge in [-0.1, -0.05) is 20.4 Å². The van der Waals surface area contributed by atoms with Crippen molar-refractivity contribution in [1.29, 1.82) is 0 Å². The molecule has 0 unspecified atom stereocenters. The summed E-state index contributed by atoms with van der Waals surface area (Å²) >= 11 is 0. The Kier molecular flexibility index (Phi) is 3.95. The maximum Gasteiger partial charge on any atom is 0.410 e. The van der Waals surface area contributed by atoms with Crippen LogP contribution in [0.3, 0.4) is 0 Å². The van der Waals surface area contributed by atoms with E-state index in [1.807, 2.05) is 0 Å². The molecule has 1 rings (SSSR count). The molecule has 1 heterocycles. The molecule has 80 valence electrons. The van der Waals surface area contributed by atoms with E-state index in [-0.39, 0.29) is 6.09 Å². The summed E-state index contributed by atoms with van der Waals surface area (Å²) in [6.07, 6.45) is -0.226. The van der Waals surface area contributed by atoms with Crippen LogP contribution in [0.2, 0.25) is 0 Å². The molecule has 1 aliphatic heterocycles. The Hall–Kier alpha value is -1.03. The second-order valence-corrected chi connectivity index (χ2v) is 3.82.